The van der Waals surface area contributed by atoms with Crippen molar-refractivity contribution >= 4 is 6.08 Å². The van der Waals surface area contributed by atoms with Crippen molar-refractivity contribution in [2.24, 2.45) is 5.73 Å². The van der Waals surface area contributed by atoms with Crippen LogP contribution in [0.25, 0.3) is 6.08 Å². The molecule has 1 rings (SSSR count). The molecule has 1 aromatic rings. The largest absolute Gasteiger partial charge is 0.462 e. The molecule has 0 amide bonds. The molecule has 2 N–H and O–H groups in total. The lowest BCUT2D eigenvalue weighted by Gasteiger charge is -1.97. The molecule has 0 bridgehead atoms. The first-order valence-electron chi connectivity index (χ1n) is 4.61. The number of furan rings is 1. The molecule has 0 aliphatic carbocycles. The smallest absolute Gasteiger partial charge is 0.153 e. The van der Waals surface area contributed by atoms with Gasteiger partial charge in [-0.1, -0.05) is 0 Å². The molecule has 1 heterocycles. The molecule has 0 spiro atoms. The minimum absolute atomic E-state index is 0.0254. The molecule has 5 heteroatoms. The molecule has 0 fully saturated rings. The second kappa shape index (κ2) is 5.21. The molecule has 5 nitrogen and oxygen atoms in total. The summed E-state index contributed by atoms with van der Waals surface area (Å²) in [5, 5.41) is 26.2. The van der Waals surface area contributed by atoms with Gasteiger partial charge in [0.25, 0.3) is 0 Å². The number of allylic oxidation sites excluding steroid dienone is 2. The highest BCUT2D eigenvalue weighted by Crippen LogP contribution is 2.15. The van der Waals surface area contributed by atoms with Gasteiger partial charge in [-0.25, -0.2) is 0 Å². The zero-order chi connectivity index (χ0) is 12.8. The summed E-state index contributed by atoms with van der Waals surface area (Å²) >= 11 is 0. The van der Waals surface area contributed by atoms with Crippen LogP contribution in [0.1, 0.15) is 11.5 Å². The number of hydrogen-bond donors (Lipinski definition) is 1. The van der Waals surface area contributed by atoms with Gasteiger partial charge in [0.05, 0.1) is 11.3 Å². The van der Waals surface area contributed by atoms with E-state index in [4.69, 9.17) is 25.9 Å². The van der Waals surface area contributed by atoms with Crippen molar-refractivity contribution in [1.82, 2.24) is 0 Å². The van der Waals surface area contributed by atoms with Crippen molar-refractivity contribution in [2.75, 3.05) is 0 Å². The normalized spacial score (nSPS) is 9.88. The summed E-state index contributed by atoms with van der Waals surface area (Å²) < 4.78 is 5.24. The van der Waals surface area contributed by atoms with Crippen LogP contribution < -0.4 is 5.73 Å². The number of nitrogens with zero attached hydrogens (tertiary/aromatic N) is 3. The average Bonchev–Trinajstić information content (AvgIpc) is 2.73. The molecule has 82 valence electrons. The highest BCUT2D eigenvalue weighted by atomic mass is 16.3. The van der Waals surface area contributed by atoms with Gasteiger partial charge in [0.2, 0.25) is 0 Å². The lowest BCUT2D eigenvalue weighted by molar-refractivity contribution is 0.525. The van der Waals surface area contributed by atoms with Crippen LogP contribution in [-0.4, -0.2) is 0 Å². The number of rotatable bonds is 2. The summed E-state index contributed by atoms with van der Waals surface area (Å²) in [7, 11) is 0. The molecular formula is C12H8N4O. The van der Waals surface area contributed by atoms with Gasteiger partial charge in [-0.3, -0.25) is 0 Å². The minimum atomic E-state index is -0.291. The van der Waals surface area contributed by atoms with Gasteiger partial charge in [0.1, 0.15) is 29.7 Å². The fraction of sp³-hybridized carbons (Fsp3) is 0.0833. The van der Waals surface area contributed by atoms with Crippen molar-refractivity contribution in [3.05, 3.63) is 40.5 Å². The average molecular weight is 224 g/mol. The van der Waals surface area contributed by atoms with Gasteiger partial charge in [-0.15, -0.1) is 0 Å². The lowest BCUT2D eigenvalue weighted by Crippen LogP contribution is -2.03. The zero-order valence-electron chi connectivity index (χ0n) is 9.06. The van der Waals surface area contributed by atoms with E-state index in [9.17, 15) is 0 Å². The maximum Gasteiger partial charge on any atom is 0.153 e. The Balaban J connectivity index is 3.24. The third-order valence-electron chi connectivity index (χ3n) is 1.95. The van der Waals surface area contributed by atoms with E-state index in [1.807, 2.05) is 6.07 Å². The van der Waals surface area contributed by atoms with Gasteiger partial charge in [-0.05, 0) is 19.1 Å². The first-order valence-corrected chi connectivity index (χ1v) is 4.61. The summed E-state index contributed by atoms with van der Waals surface area (Å²) in [5.41, 5.74) is 5.14. The van der Waals surface area contributed by atoms with Crippen LogP contribution in [0, 0.1) is 40.9 Å². The Morgan fingerprint density at radius 2 is 1.88 bits per heavy atom. The quantitative estimate of drug-likeness (QED) is 0.607. The lowest BCUT2D eigenvalue weighted by atomic mass is 10.1. The topological polar surface area (TPSA) is 111 Å². The van der Waals surface area contributed by atoms with Gasteiger partial charge < -0.3 is 10.2 Å². The monoisotopic (exact) mass is 224 g/mol. The zero-order valence-corrected chi connectivity index (χ0v) is 9.06. The Morgan fingerprint density at radius 3 is 2.29 bits per heavy atom. The van der Waals surface area contributed by atoms with Crippen LogP contribution in [0.3, 0.4) is 0 Å². The SMILES string of the molecule is Cc1ccc(C=C(C#N)C(N)=C(C#N)C#N)o1. The van der Waals surface area contributed by atoms with Crippen molar-refractivity contribution in [3.8, 4) is 18.2 Å². The summed E-state index contributed by atoms with van der Waals surface area (Å²) in [4.78, 5) is 0. The Bertz CT molecular complexity index is 598. The highest BCUT2D eigenvalue weighted by Gasteiger charge is 2.08. The second-order valence-electron chi connectivity index (χ2n) is 3.13. The molecule has 0 aromatic carbocycles. The summed E-state index contributed by atoms with van der Waals surface area (Å²) in [6.45, 7) is 1.76. The molecule has 0 aliphatic rings. The van der Waals surface area contributed by atoms with Crippen LogP contribution in [0.4, 0.5) is 0 Å². The Kier molecular flexibility index (Phi) is 3.71. The molecule has 0 atom stereocenters. The standard InChI is InChI=1S/C12H8N4O/c1-8-2-3-11(17-8)4-9(5-13)12(16)10(6-14)7-15/h2-4H,16H2,1H3. The third kappa shape index (κ3) is 2.75. The van der Waals surface area contributed by atoms with Gasteiger partial charge >= 0.3 is 0 Å². The molecule has 0 aliphatic heterocycles. The summed E-state index contributed by atoms with van der Waals surface area (Å²) in [5.74, 6) is 1.13. The predicted octanol–water partition coefficient (Wildman–Crippen LogP) is 1.75. The van der Waals surface area contributed by atoms with Gasteiger partial charge in [0.15, 0.2) is 5.57 Å². The van der Waals surface area contributed by atoms with Crippen molar-refractivity contribution in [3.63, 3.8) is 0 Å². The van der Waals surface area contributed by atoms with Crippen LogP contribution in [0.2, 0.25) is 0 Å². The Hall–Kier alpha value is -2.97. The van der Waals surface area contributed by atoms with Gasteiger partial charge in [-0.2, -0.15) is 15.8 Å². The Morgan fingerprint density at radius 1 is 1.24 bits per heavy atom. The second-order valence-corrected chi connectivity index (χ2v) is 3.13. The van der Waals surface area contributed by atoms with E-state index in [2.05, 4.69) is 0 Å². The van der Waals surface area contributed by atoms with Crippen molar-refractivity contribution in [1.29, 1.82) is 15.8 Å². The fourth-order valence-corrected chi connectivity index (χ4v) is 1.12. The maximum absolute atomic E-state index is 8.91. The first-order chi connectivity index (χ1) is 8.12. The molecule has 0 radical (unpaired) electrons. The number of aryl methyl sites for hydroxylation is 1. The van der Waals surface area contributed by atoms with Crippen LogP contribution in [0.15, 0.2) is 33.4 Å². The van der Waals surface area contributed by atoms with E-state index in [-0.39, 0.29) is 16.8 Å². The molecule has 0 saturated heterocycles. The number of nitriles is 3. The molecule has 0 unspecified atom stereocenters. The minimum Gasteiger partial charge on any atom is -0.462 e. The summed E-state index contributed by atoms with van der Waals surface area (Å²) in [6, 6.07) is 8.48. The van der Waals surface area contributed by atoms with E-state index in [0.717, 1.165) is 0 Å². The van der Waals surface area contributed by atoms with E-state index >= 15 is 0 Å². The van der Waals surface area contributed by atoms with E-state index in [0.29, 0.717) is 11.5 Å². The van der Waals surface area contributed by atoms with Crippen molar-refractivity contribution in [2.45, 2.75) is 6.92 Å². The molecular weight excluding hydrogens is 216 g/mol. The number of hydrogen-bond acceptors (Lipinski definition) is 5. The Labute approximate surface area is 98.3 Å². The highest BCUT2D eigenvalue weighted by molar-refractivity contribution is 5.64. The third-order valence-corrected chi connectivity index (χ3v) is 1.95. The van der Waals surface area contributed by atoms with Crippen LogP contribution in [0.5, 0.6) is 0 Å². The molecule has 0 saturated carbocycles. The van der Waals surface area contributed by atoms with E-state index in [1.165, 1.54) is 6.08 Å². The predicted molar refractivity (Wildman–Crippen MR) is 59.5 cm³/mol. The van der Waals surface area contributed by atoms with E-state index in [1.54, 1.807) is 31.2 Å². The van der Waals surface area contributed by atoms with Crippen LogP contribution in [-0.2, 0) is 0 Å². The fourth-order valence-electron chi connectivity index (χ4n) is 1.12. The number of nitrogens with two attached hydrogens (primary N) is 1. The maximum atomic E-state index is 8.91. The van der Waals surface area contributed by atoms with Gasteiger partial charge in [0, 0.05) is 6.08 Å². The first kappa shape index (κ1) is 12.1. The molecule has 17 heavy (non-hydrogen) atoms. The summed E-state index contributed by atoms with van der Waals surface area (Å²) in [6.07, 6.45) is 1.39. The van der Waals surface area contributed by atoms with Crippen molar-refractivity contribution < 1.29 is 4.42 Å². The van der Waals surface area contributed by atoms with E-state index < -0.39 is 0 Å². The van der Waals surface area contributed by atoms with Crippen LogP contribution >= 0.6 is 0 Å². The molecule has 1 aromatic heterocycles.